The van der Waals surface area contributed by atoms with Crippen molar-refractivity contribution in [1.29, 1.82) is 0 Å². The highest BCUT2D eigenvalue weighted by atomic mass is 32.2. The summed E-state index contributed by atoms with van der Waals surface area (Å²) in [4.78, 5) is 28.4. The molecule has 2 aromatic rings. The van der Waals surface area contributed by atoms with Crippen LogP contribution in [0.15, 0.2) is 42.5 Å². The monoisotopic (exact) mass is 531 g/mol. The van der Waals surface area contributed by atoms with E-state index >= 15 is 0 Å². The van der Waals surface area contributed by atoms with Gasteiger partial charge < -0.3 is 19.7 Å². The highest BCUT2D eigenvalue weighted by Crippen LogP contribution is 2.35. The van der Waals surface area contributed by atoms with Gasteiger partial charge >= 0.3 is 0 Å². The average Bonchev–Trinajstić information content (AvgIpc) is 2.87. The van der Waals surface area contributed by atoms with E-state index in [9.17, 15) is 18.0 Å². The SMILES string of the molecule is CC[C@H](C(=O)NC(C)C)N(Cc1ccc(C)cc1)C(=O)CN(c1ccc2c(c1)OCCO2)S(=O)(=O)CC. The molecule has 0 aromatic heterocycles. The van der Waals surface area contributed by atoms with Crippen molar-refractivity contribution >= 4 is 27.5 Å². The Morgan fingerprint density at radius 1 is 1.00 bits per heavy atom. The standard InChI is InChI=1S/C27H37N3O6S/c1-6-23(27(32)28-19(3)4)29(17-21-10-8-20(5)9-11-21)26(31)18-30(37(33,34)7-2)22-12-13-24-25(16-22)36-15-14-35-24/h8-13,16,19,23H,6-7,14-15,17-18H2,1-5H3,(H,28,32)/t23-/m1/s1. The maximum absolute atomic E-state index is 13.8. The van der Waals surface area contributed by atoms with Gasteiger partial charge in [0.1, 0.15) is 25.8 Å². The molecule has 0 unspecified atom stereocenters. The molecule has 2 amide bonds. The first-order valence-electron chi connectivity index (χ1n) is 12.6. The maximum atomic E-state index is 13.8. The number of ether oxygens (including phenoxy) is 2. The van der Waals surface area contributed by atoms with Crippen molar-refractivity contribution in [2.75, 3.05) is 29.8 Å². The molecule has 0 saturated heterocycles. The van der Waals surface area contributed by atoms with Crippen molar-refractivity contribution in [1.82, 2.24) is 10.2 Å². The number of amides is 2. The van der Waals surface area contributed by atoms with Crippen LogP contribution < -0.4 is 19.1 Å². The summed E-state index contributed by atoms with van der Waals surface area (Å²) in [5.74, 6) is -0.00247. The van der Waals surface area contributed by atoms with E-state index in [1.165, 1.54) is 11.8 Å². The number of hydrogen-bond donors (Lipinski definition) is 1. The van der Waals surface area contributed by atoms with Crippen molar-refractivity contribution in [2.24, 2.45) is 0 Å². The lowest BCUT2D eigenvalue weighted by atomic mass is 10.1. The van der Waals surface area contributed by atoms with Crippen LogP contribution in [0, 0.1) is 6.92 Å². The largest absolute Gasteiger partial charge is 0.486 e. The van der Waals surface area contributed by atoms with Crippen molar-refractivity contribution in [3.05, 3.63) is 53.6 Å². The Labute approximate surface area is 219 Å². The number of nitrogens with one attached hydrogen (secondary N) is 1. The third kappa shape index (κ3) is 7.15. The number of benzene rings is 2. The number of aryl methyl sites for hydroxylation is 1. The topological polar surface area (TPSA) is 105 Å². The maximum Gasteiger partial charge on any atom is 0.244 e. The number of anilines is 1. The number of carbonyl (C=O) groups excluding carboxylic acids is 2. The van der Waals surface area contributed by atoms with E-state index in [1.54, 1.807) is 18.2 Å². The smallest absolute Gasteiger partial charge is 0.244 e. The van der Waals surface area contributed by atoms with Gasteiger partial charge in [-0.15, -0.1) is 0 Å². The van der Waals surface area contributed by atoms with Gasteiger partial charge in [-0.2, -0.15) is 0 Å². The van der Waals surface area contributed by atoms with E-state index in [0.717, 1.165) is 15.4 Å². The Morgan fingerprint density at radius 3 is 2.24 bits per heavy atom. The van der Waals surface area contributed by atoms with Crippen LogP contribution in [0.1, 0.15) is 45.2 Å². The molecule has 10 heteroatoms. The number of nitrogens with zero attached hydrogens (tertiary/aromatic N) is 2. The van der Waals surface area contributed by atoms with Gasteiger partial charge in [0.05, 0.1) is 11.4 Å². The van der Waals surface area contributed by atoms with E-state index < -0.39 is 28.5 Å². The summed E-state index contributed by atoms with van der Waals surface area (Å²) < 4.78 is 38.6. The third-order valence-electron chi connectivity index (χ3n) is 6.08. The van der Waals surface area contributed by atoms with Gasteiger partial charge in [-0.05, 0) is 51.8 Å². The number of fused-ring (bicyclic) bond motifs is 1. The minimum atomic E-state index is -3.83. The second-order valence-electron chi connectivity index (χ2n) is 9.33. The summed E-state index contributed by atoms with van der Waals surface area (Å²) in [6.45, 7) is 9.52. The van der Waals surface area contributed by atoms with Crippen LogP contribution in [-0.2, 0) is 26.2 Å². The molecule has 37 heavy (non-hydrogen) atoms. The molecule has 1 heterocycles. The molecule has 1 atom stereocenters. The summed E-state index contributed by atoms with van der Waals surface area (Å²) in [5.41, 5.74) is 2.22. The van der Waals surface area contributed by atoms with Crippen LogP contribution in [0.3, 0.4) is 0 Å². The van der Waals surface area contributed by atoms with Crippen molar-refractivity contribution in [2.45, 2.75) is 59.7 Å². The van der Waals surface area contributed by atoms with E-state index in [-0.39, 0.29) is 24.2 Å². The van der Waals surface area contributed by atoms with Gasteiger partial charge in [0.2, 0.25) is 21.8 Å². The molecule has 0 saturated carbocycles. The number of carbonyl (C=O) groups is 2. The molecule has 0 spiro atoms. The summed E-state index contributed by atoms with van der Waals surface area (Å²) >= 11 is 0. The molecule has 0 radical (unpaired) electrons. The minimum absolute atomic E-state index is 0.104. The Kier molecular flexibility index (Phi) is 9.42. The third-order valence-corrected chi connectivity index (χ3v) is 7.82. The normalized spacial score (nSPS) is 13.7. The van der Waals surface area contributed by atoms with E-state index in [1.807, 2.05) is 52.0 Å². The van der Waals surface area contributed by atoms with Crippen LogP contribution in [0.4, 0.5) is 5.69 Å². The second-order valence-corrected chi connectivity index (χ2v) is 11.5. The van der Waals surface area contributed by atoms with Crippen molar-refractivity contribution in [3.63, 3.8) is 0 Å². The number of sulfonamides is 1. The quantitative estimate of drug-likeness (QED) is 0.477. The van der Waals surface area contributed by atoms with Crippen LogP contribution in [0.25, 0.3) is 0 Å². The lowest BCUT2D eigenvalue weighted by molar-refractivity contribution is -0.140. The van der Waals surface area contributed by atoms with Crippen molar-refractivity contribution < 1.29 is 27.5 Å². The molecule has 0 fully saturated rings. The molecule has 1 aliphatic heterocycles. The van der Waals surface area contributed by atoms with Crippen LogP contribution in [0.2, 0.25) is 0 Å². The molecule has 1 aliphatic rings. The molecular formula is C27H37N3O6S. The zero-order valence-corrected chi connectivity index (χ0v) is 23.0. The zero-order chi connectivity index (χ0) is 27.2. The molecule has 202 valence electrons. The fourth-order valence-corrected chi connectivity index (χ4v) is 5.15. The lowest BCUT2D eigenvalue weighted by Crippen LogP contribution is -2.53. The average molecular weight is 532 g/mol. The molecule has 3 rings (SSSR count). The van der Waals surface area contributed by atoms with E-state index in [0.29, 0.717) is 36.8 Å². The molecule has 1 N–H and O–H groups in total. The van der Waals surface area contributed by atoms with Gasteiger partial charge in [0.15, 0.2) is 11.5 Å². The first-order valence-corrected chi connectivity index (χ1v) is 14.2. The first kappa shape index (κ1) is 28.3. The van der Waals surface area contributed by atoms with E-state index in [4.69, 9.17) is 9.47 Å². The Bertz CT molecular complexity index is 1200. The Morgan fingerprint density at radius 2 is 1.65 bits per heavy atom. The predicted octanol–water partition coefficient (Wildman–Crippen LogP) is 3.25. The summed E-state index contributed by atoms with van der Waals surface area (Å²) in [6, 6.07) is 11.6. The Hall–Kier alpha value is -3.27. The number of rotatable bonds is 11. The highest BCUT2D eigenvalue weighted by Gasteiger charge is 2.33. The highest BCUT2D eigenvalue weighted by molar-refractivity contribution is 7.92. The lowest BCUT2D eigenvalue weighted by Gasteiger charge is -2.33. The fraction of sp³-hybridized carbons (Fsp3) is 0.481. The van der Waals surface area contributed by atoms with E-state index in [2.05, 4.69) is 5.32 Å². The second kappa shape index (κ2) is 12.3. The Balaban J connectivity index is 1.97. The summed E-state index contributed by atoms with van der Waals surface area (Å²) in [6.07, 6.45) is 0.376. The molecule has 0 bridgehead atoms. The summed E-state index contributed by atoms with van der Waals surface area (Å²) in [5, 5.41) is 2.89. The van der Waals surface area contributed by atoms with Gasteiger partial charge in [-0.1, -0.05) is 36.8 Å². The van der Waals surface area contributed by atoms with Gasteiger partial charge in [-0.25, -0.2) is 8.42 Å². The zero-order valence-electron chi connectivity index (χ0n) is 22.2. The molecule has 2 aromatic carbocycles. The molecule has 0 aliphatic carbocycles. The minimum Gasteiger partial charge on any atom is -0.486 e. The summed E-state index contributed by atoms with van der Waals surface area (Å²) in [7, 11) is -3.83. The molecular weight excluding hydrogens is 494 g/mol. The van der Waals surface area contributed by atoms with Gasteiger partial charge in [0.25, 0.3) is 0 Å². The van der Waals surface area contributed by atoms with Crippen LogP contribution in [-0.4, -0.2) is 62.7 Å². The first-order chi connectivity index (χ1) is 17.6. The fourth-order valence-electron chi connectivity index (χ4n) is 4.10. The predicted molar refractivity (Wildman–Crippen MR) is 143 cm³/mol. The number of hydrogen-bond acceptors (Lipinski definition) is 6. The van der Waals surface area contributed by atoms with Gasteiger partial charge in [-0.3, -0.25) is 13.9 Å². The molecule has 9 nitrogen and oxygen atoms in total. The van der Waals surface area contributed by atoms with Crippen LogP contribution in [0.5, 0.6) is 11.5 Å². The van der Waals surface area contributed by atoms with Crippen LogP contribution >= 0.6 is 0 Å². The van der Waals surface area contributed by atoms with Gasteiger partial charge in [0, 0.05) is 18.7 Å². The van der Waals surface area contributed by atoms with Crippen molar-refractivity contribution in [3.8, 4) is 11.5 Å².